The quantitative estimate of drug-likeness (QED) is 0.140. The third-order valence-electron chi connectivity index (χ3n) is 7.77. The zero-order chi connectivity index (χ0) is 29.6. The first-order valence-electron chi connectivity index (χ1n) is 13.1. The zero-order valence-corrected chi connectivity index (χ0v) is 21.9. The molecule has 3 aliphatic rings. The van der Waals surface area contributed by atoms with Crippen LogP contribution in [0.25, 0.3) is 11.0 Å². The molecule has 15 heteroatoms. The number of hydrogen-bond acceptors (Lipinski definition) is 15. The third-order valence-corrected chi connectivity index (χ3v) is 7.77. The summed E-state index contributed by atoms with van der Waals surface area (Å²) in [5.41, 5.74) is -1.12. The molecule has 0 radical (unpaired) electrons. The van der Waals surface area contributed by atoms with E-state index in [-0.39, 0.29) is 12.0 Å². The lowest BCUT2D eigenvalue weighted by molar-refractivity contribution is -0.350. The highest BCUT2D eigenvalue weighted by atomic mass is 16.7. The van der Waals surface area contributed by atoms with Crippen molar-refractivity contribution in [3.63, 3.8) is 0 Å². The second kappa shape index (κ2) is 11.8. The first-order valence-corrected chi connectivity index (χ1v) is 13.1. The van der Waals surface area contributed by atoms with E-state index in [2.05, 4.69) is 0 Å². The Bertz CT molecular complexity index is 1270. The number of aliphatic hydroxyl groups excluding tert-OH is 8. The van der Waals surface area contributed by atoms with Crippen LogP contribution in [0.4, 0.5) is 0 Å². The van der Waals surface area contributed by atoms with Gasteiger partial charge >= 0.3 is 5.63 Å². The largest absolute Gasteiger partial charge is 0.487 e. The van der Waals surface area contributed by atoms with Crippen LogP contribution < -0.4 is 10.4 Å². The molecule has 0 bridgehead atoms. The van der Waals surface area contributed by atoms with E-state index in [4.69, 9.17) is 28.1 Å². The minimum Gasteiger partial charge on any atom is -0.487 e. The van der Waals surface area contributed by atoms with E-state index in [0.29, 0.717) is 16.7 Å². The summed E-state index contributed by atoms with van der Waals surface area (Å²) < 4.78 is 34.3. The van der Waals surface area contributed by atoms with Crippen LogP contribution >= 0.6 is 0 Å². The Morgan fingerprint density at radius 1 is 0.854 bits per heavy atom. The molecular formula is C26H34O15. The molecule has 41 heavy (non-hydrogen) atoms. The Morgan fingerprint density at radius 3 is 2.10 bits per heavy atom. The molecule has 15 nitrogen and oxygen atoms in total. The van der Waals surface area contributed by atoms with Gasteiger partial charge in [-0.2, -0.15) is 0 Å². The molecule has 2 fully saturated rings. The van der Waals surface area contributed by atoms with Crippen molar-refractivity contribution in [1.82, 2.24) is 0 Å². The maximum absolute atomic E-state index is 11.7. The van der Waals surface area contributed by atoms with Crippen molar-refractivity contribution in [2.75, 3.05) is 19.8 Å². The summed E-state index contributed by atoms with van der Waals surface area (Å²) in [6.07, 6.45) is -16.4. The van der Waals surface area contributed by atoms with Gasteiger partial charge in [0.15, 0.2) is 12.6 Å². The minimum absolute atomic E-state index is 0.219. The predicted octanol–water partition coefficient (Wildman–Crippen LogP) is -3.51. The molecule has 8 N–H and O–H groups in total. The van der Waals surface area contributed by atoms with Crippen LogP contribution in [-0.2, 0) is 25.4 Å². The lowest BCUT2D eigenvalue weighted by Gasteiger charge is -2.45. The first kappa shape index (κ1) is 30.2. The molecule has 3 aliphatic heterocycles. The second-order valence-corrected chi connectivity index (χ2v) is 10.7. The molecule has 5 rings (SSSR count). The lowest BCUT2D eigenvalue weighted by Crippen LogP contribution is -2.63. The third kappa shape index (κ3) is 5.73. The van der Waals surface area contributed by atoms with Crippen molar-refractivity contribution >= 4 is 11.0 Å². The summed E-state index contributed by atoms with van der Waals surface area (Å²) in [7, 11) is 0. The van der Waals surface area contributed by atoms with E-state index in [9.17, 15) is 45.6 Å². The molecule has 2 aromatic rings. The van der Waals surface area contributed by atoms with Crippen molar-refractivity contribution in [3.05, 3.63) is 40.2 Å². The van der Waals surface area contributed by atoms with Crippen molar-refractivity contribution < 1.29 is 69.0 Å². The van der Waals surface area contributed by atoms with E-state index in [1.54, 1.807) is 18.2 Å². The van der Waals surface area contributed by atoms with Gasteiger partial charge in [-0.05, 0) is 24.6 Å². The van der Waals surface area contributed by atoms with Crippen LogP contribution in [0.2, 0.25) is 0 Å². The average Bonchev–Trinajstić information content (AvgIpc) is 3.38. The first-order chi connectivity index (χ1) is 19.4. The standard InChI is InChI=1S/C26H34O15/c1-26(41-25-23(35)21(33)19(31)15(8-28)40-25,9-36-24-22(34)20(32)18(30)14(7-27)39-24)16-5-11-4-10-2-3-17(29)38-12(10)6-13(11)37-16/h2-4,6,14-16,18-25,27-28,30-35H,5,7-9H2,1H3/t14-,15-,16+,18-,19-,20+,21+,22-,23-,24-,25+,26-/m1/s1. The van der Waals surface area contributed by atoms with Gasteiger partial charge in [0.2, 0.25) is 0 Å². The molecule has 0 spiro atoms. The maximum Gasteiger partial charge on any atom is 0.336 e. The van der Waals surface area contributed by atoms with Crippen molar-refractivity contribution in [2.24, 2.45) is 0 Å². The van der Waals surface area contributed by atoms with Gasteiger partial charge in [0, 0.05) is 23.9 Å². The normalized spacial score (nSPS) is 38.8. The summed E-state index contributed by atoms with van der Waals surface area (Å²) >= 11 is 0. The maximum atomic E-state index is 11.7. The fourth-order valence-corrected chi connectivity index (χ4v) is 5.23. The SMILES string of the molecule is C[C@](CO[C@@H]1O[C@H](CO)[C@@H](O)[C@H](O)[C@H]1O)(O[C@@H]1O[C@H](CO)[C@@H](O)[C@H](O)[C@H]1O)[C@@H]1Cc2cc3ccc(=O)oc3cc2O1. The summed E-state index contributed by atoms with van der Waals surface area (Å²) in [4.78, 5) is 11.7. The van der Waals surface area contributed by atoms with Crippen molar-refractivity contribution in [3.8, 4) is 5.75 Å². The van der Waals surface area contributed by atoms with E-state index < -0.39 is 98.6 Å². The van der Waals surface area contributed by atoms with Crippen LogP contribution in [0.1, 0.15) is 12.5 Å². The Balaban J connectivity index is 1.42. The fraction of sp³-hybridized carbons (Fsp3) is 0.654. The predicted molar refractivity (Wildman–Crippen MR) is 134 cm³/mol. The van der Waals surface area contributed by atoms with Crippen LogP contribution in [0.3, 0.4) is 0 Å². The summed E-state index contributed by atoms with van der Waals surface area (Å²) in [6.45, 7) is -0.285. The molecule has 0 aliphatic carbocycles. The van der Waals surface area contributed by atoms with Gasteiger partial charge in [-0.1, -0.05) is 0 Å². The lowest BCUT2D eigenvalue weighted by atomic mass is 9.93. The molecule has 1 aromatic carbocycles. The highest BCUT2D eigenvalue weighted by molar-refractivity contribution is 5.79. The fourth-order valence-electron chi connectivity index (χ4n) is 5.23. The highest BCUT2D eigenvalue weighted by Crippen LogP contribution is 2.39. The Labute approximate surface area is 232 Å². The molecule has 228 valence electrons. The summed E-state index contributed by atoms with van der Waals surface area (Å²) in [5.74, 6) is 0.369. The number of aliphatic hydroxyl groups is 8. The van der Waals surface area contributed by atoms with E-state index in [0.717, 1.165) is 0 Å². The molecular weight excluding hydrogens is 552 g/mol. The number of ether oxygens (including phenoxy) is 5. The van der Waals surface area contributed by atoms with Crippen LogP contribution in [0.5, 0.6) is 5.75 Å². The van der Waals surface area contributed by atoms with Gasteiger partial charge < -0.3 is 69.0 Å². The smallest absolute Gasteiger partial charge is 0.336 e. The zero-order valence-electron chi connectivity index (χ0n) is 21.9. The highest BCUT2D eigenvalue weighted by Gasteiger charge is 2.51. The van der Waals surface area contributed by atoms with Gasteiger partial charge in [0.1, 0.15) is 71.9 Å². The van der Waals surface area contributed by atoms with Gasteiger partial charge in [0.05, 0.1) is 19.8 Å². The number of fused-ring (bicyclic) bond motifs is 2. The summed E-state index contributed by atoms with van der Waals surface area (Å²) in [6, 6.07) is 6.18. The van der Waals surface area contributed by atoms with Crippen LogP contribution in [0, 0.1) is 0 Å². The second-order valence-electron chi connectivity index (χ2n) is 10.7. The van der Waals surface area contributed by atoms with Gasteiger partial charge in [-0.25, -0.2) is 4.79 Å². The van der Waals surface area contributed by atoms with E-state index in [1.165, 1.54) is 13.0 Å². The number of benzene rings is 1. The van der Waals surface area contributed by atoms with Crippen molar-refractivity contribution in [1.29, 1.82) is 0 Å². The topological polar surface area (TPSA) is 238 Å². The number of rotatable bonds is 8. The van der Waals surface area contributed by atoms with Crippen molar-refractivity contribution in [2.45, 2.75) is 86.5 Å². The molecule has 4 heterocycles. The van der Waals surface area contributed by atoms with Gasteiger partial charge in [0.25, 0.3) is 0 Å². The number of hydrogen-bond donors (Lipinski definition) is 8. The molecule has 12 atom stereocenters. The molecule has 0 amide bonds. The van der Waals surface area contributed by atoms with E-state index in [1.807, 2.05) is 0 Å². The Morgan fingerprint density at radius 2 is 1.46 bits per heavy atom. The van der Waals surface area contributed by atoms with Gasteiger partial charge in [-0.3, -0.25) is 0 Å². The molecule has 2 saturated heterocycles. The van der Waals surface area contributed by atoms with Gasteiger partial charge in [-0.15, -0.1) is 0 Å². The molecule has 0 unspecified atom stereocenters. The van der Waals surface area contributed by atoms with E-state index >= 15 is 0 Å². The minimum atomic E-state index is -1.75. The molecule has 1 aromatic heterocycles. The monoisotopic (exact) mass is 586 g/mol. The average molecular weight is 587 g/mol. The van der Waals surface area contributed by atoms with Crippen LogP contribution in [0.15, 0.2) is 33.5 Å². The molecule has 0 saturated carbocycles. The Hall–Kier alpha value is -2.25. The van der Waals surface area contributed by atoms with Crippen LogP contribution in [-0.4, -0.2) is 134 Å². The summed E-state index contributed by atoms with van der Waals surface area (Å²) in [5, 5.41) is 81.5. The Kier molecular flexibility index (Phi) is 8.69.